The summed E-state index contributed by atoms with van der Waals surface area (Å²) in [5.41, 5.74) is 3.01. The van der Waals surface area contributed by atoms with Crippen LogP contribution in [0, 0.1) is 0 Å². The number of likely N-dealkylation sites (tertiary alicyclic amines) is 1. The third-order valence-electron chi connectivity index (χ3n) is 7.34. The number of hydrogen-bond acceptors (Lipinski definition) is 7. The Morgan fingerprint density at radius 2 is 1.50 bits per heavy atom. The van der Waals surface area contributed by atoms with Crippen molar-refractivity contribution < 1.29 is 38.5 Å². The molecule has 206 valence electrons. The fourth-order valence-corrected chi connectivity index (χ4v) is 5.44. The van der Waals surface area contributed by atoms with Gasteiger partial charge in [-0.05, 0) is 27.8 Å². The minimum Gasteiger partial charge on any atom is -0.480 e. The molecule has 0 radical (unpaired) electrons. The number of carbonyl (C=O) groups is 4. The second-order valence-electron chi connectivity index (χ2n) is 9.75. The highest BCUT2D eigenvalue weighted by molar-refractivity contribution is 5.91. The summed E-state index contributed by atoms with van der Waals surface area (Å²) >= 11 is 0. The molecule has 0 bridgehead atoms. The van der Waals surface area contributed by atoms with Gasteiger partial charge < -0.3 is 24.6 Å². The number of carboxylic acid groups (broad SMARTS) is 1. The Balaban J connectivity index is 1.30. The van der Waals surface area contributed by atoms with Crippen LogP contribution in [0.5, 0.6) is 0 Å². The van der Waals surface area contributed by atoms with Crippen LogP contribution in [0.3, 0.4) is 0 Å². The lowest BCUT2D eigenvalue weighted by atomic mass is 9.96. The van der Waals surface area contributed by atoms with Crippen LogP contribution in [0.25, 0.3) is 11.1 Å². The molecular formula is C30H28N2O8. The standard InChI is InChI=1S/C30H28N2O8/c1-38-27(35)30(15-25(26(33)34)32(18-30)29(37)40-16-19-9-3-2-4-10-19)31-28(36)39-17-24-22-13-7-5-11-20(22)21-12-6-8-14-23(21)24/h2-14,24-25H,15-18H2,1H3,(H,31,36)(H,33,34)/t25-,30-/m0/s1. The number of amides is 2. The SMILES string of the molecule is COC(=O)[C@]1(NC(=O)OCC2c3ccccc3-c3ccccc32)C[C@@H](C(=O)O)N(C(=O)OCc2ccccc2)C1. The molecule has 1 heterocycles. The molecule has 40 heavy (non-hydrogen) atoms. The van der Waals surface area contributed by atoms with Gasteiger partial charge in [-0.15, -0.1) is 0 Å². The summed E-state index contributed by atoms with van der Waals surface area (Å²) in [5.74, 6) is -2.46. The van der Waals surface area contributed by atoms with Crippen molar-refractivity contribution >= 4 is 24.1 Å². The molecule has 2 aliphatic rings. The van der Waals surface area contributed by atoms with Gasteiger partial charge in [-0.1, -0.05) is 78.9 Å². The van der Waals surface area contributed by atoms with E-state index in [1.807, 2.05) is 54.6 Å². The molecule has 3 aromatic rings. The van der Waals surface area contributed by atoms with Crippen molar-refractivity contribution in [1.29, 1.82) is 0 Å². The average Bonchev–Trinajstić information content (AvgIpc) is 3.52. The number of aliphatic carboxylic acids is 1. The van der Waals surface area contributed by atoms with E-state index in [0.717, 1.165) is 34.3 Å². The third-order valence-corrected chi connectivity index (χ3v) is 7.34. The van der Waals surface area contributed by atoms with Gasteiger partial charge in [0.05, 0.1) is 13.7 Å². The molecule has 2 amide bonds. The number of carboxylic acids is 1. The van der Waals surface area contributed by atoms with Crippen molar-refractivity contribution in [3.8, 4) is 11.1 Å². The van der Waals surface area contributed by atoms with Gasteiger partial charge in [-0.25, -0.2) is 19.2 Å². The first-order chi connectivity index (χ1) is 19.3. The minimum absolute atomic E-state index is 0.0116. The van der Waals surface area contributed by atoms with Crippen molar-refractivity contribution in [3.63, 3.8) is 0 Å². The number of nitrogens with zero attached hydrogens (tertiary/aromatic N) is 1. The summed E-state index contributed by atoms with van der Waals surface area (Å²) in [4.78, 5) is 51.8. The fourth-order valence-electron chi connectivity index (χ4n) is 5.44. The number of ether oxygens (including phenoxy) is 3. The summed E-state index contributed by atoms with van der Waals surface area (Å²) < 4.78 is 15.8. The topological polar surface area (TPSA) is 131 Å². The molecule has 3 aromatic carbocycles. The monoisotopic (exact) mass is 544 g/mol. The Kier molecular flexibility index (Phi) is 7.41. The van der Waals surface area contributed by atoms with Crippen LogP contribution in [0.4, 0.5) is 9.59 Å². The second kappa shape index (κ2) is 11.1. The zero-order chi connectivity index (χ0) is 28.3. The van der Waals surface area contributed by atoms with Crippen LogP contribution in [0.1, 0.15) is 29.0 Å². The maximum atomic E-state index is 13.0. The molecular weight excluding hydrogens is 516 g/mol. The lowest BCUT2D eigenvalue weighted by molar-refractivity contribution is -0.147. The van der Waals surface area contributed by atoms with Crippen LogP contribution < -0.4 is 5.32 Å². The van der Waals surface area contributed by atoms with E-state index in [2.05, 4.69) is 5.32 Å². The number of methoxy groups -OCH3 is 1. The average molecular weight is 545 g/mol. The molecule has 1 aliphatic heterocycles. The lowest BCUT2D eigenvalue weighted by Crippen LogP contribution is -2.57. The quantitative estimate of drug-likeness (QED) is 0.338. The van der Waals surface area contributed by atoms with E-state index in [4.69, 9.17) is 14.2 Å². The van der Waals surface area contributed by atoms with Crippen LogP contribution in [0.2, 0.25) is 0 Å². The Morgan fingerprint density at radius 1 is 0.900 bits per heavy atom. The first-order valence-electron chi connectivity index (χ1n) is 12.7. The van der Waals surface area contributed by atoms with Crippen molar-refractivity contribution in [1.82, 2.24) is 10.2 Å². The van der Waals surface area contributed by atoms with Crippen molar-refractivity contribution in [3.05, 3.63) is 95.6 Å². The smallest absolute Gasteiger partial charge is 0.410 e. The number of benzene rings is 3. The van der Waals surface area contributed by atoms with Gasteiger partial charge in [0.1, 0.15) is 19.3 Å². The van der Waals surface area contributed by atoms with E-state index in [0.29, 0.717) is 5.56 Å². The van der Waals surface area contributed by atoms with Crippen molar-refractivity contribution in [2.24, 2.45) is 0 Å². The molecule has 0 aromatic heterocycles. The molecule has 1 aliphatic carbocycles. The molecule has 0 saturated carbocycles. The molecule has 10 heteroatoms. The summed E-state index contributed by atoms with van der Waals surface area (Å²) in [6.07, 6.45) is -2.29. The van der Waals surface area contributed by atoms with Gasteiger partial charge in [0.25, 0.3) is 0 Å². The van der Waals surface area contributed by atoms with Crippen molar-refractivity contribution in [2.45, 2.75) is 30.5 Å². The Hall–Kier alpha value is -4.86. The van der Waals surface area contributed by atoms with Gasteiger partial charge in [0.15, 0.2) is 5.54 Å². The van der Waals surface area contributed by atoms with E-state index in [9.17, 15) is 24.3 Å². The Labute approximate surface area is 230 Å². The van der Waals surface area contributed by atoms with Crippen LogP contribution in [-0.2, 0) is 30.4 Å². The molecule has 10 nitrogen and oxygen atoms in total. The number of hydrogen-bond donors (Lipinski definition) is 2. The predicted octanol–water partition coefficient (Wildman–Crippen LogP) is 3.93. The number of nitrogens with one attached hydrogen (secondary N) is 1. The molecule has 1 fully saturated rings. The summed E-state index contributed by atoms with van der Waals surface area (Å²) in [6, 6.07) is 23.1. The lowest BCUT2D eigenvalue weighted by Gasteiger charge is -2.27. The highest BCUT2D eigenvalue weighted by Crippen LogP contribution is 2.44. The first kappa shape index (κ1) is 26.7. The normalized spacial score (nSPS) is 19.3. The number of alkyl carbamates (subject to hydrolysis) is 1. The Morgan fingerprint density at radius 3 is 2.10 bits per heavy atom. The highest BCUT2D eigenvalue weighted by Gasteiger charge is 2.56. The number of carbonyl (C=O) groups excluding carboxylic acids is 3. The van der Waals surface area contributed by atoms with Gasteiger partial charge in [0, 0.05) is 12.3 Å². The van der Waals surface area contributed by atoms with E-state index in [1.165, 1.54) is 0 Å². The van der Waals surface area contributed by atoms with Gasteiger partial charge in [-0.3, -0.25) is 4.90 Å². The predicted molar refractivity (Wildman–Crippen MR) is 142 cm³/mol. The van der Waals surface area contributed by atoms with Crippen LogP contribution in [0.15, 0.2) is 78.9 Å². The van der Waals surface area contributed by atoms with Crippen LogP contribution in [-0.4, -0.2) is 66.0 Å². The van der Waals surface area contributed by atoms with Gasteiger partial charge >= 0.3 is 24.1 Å². The second-order valence-corrected chi connectivity index (χ2v) is 9.75. The summed E-state index contributed by atoms with van der Waals surface area (Å²) in [5, 5.41) is 12.3. The maximum absolute atomic E-state index is 13.0. The highest BCUT2D eigenvalue weighted by atomic mass is 16.6. The third kappa shape index (κ3) is 5.07. The summed E-state index contributed by atoms with van der Waals surface area (Å²) in [6.45, 7) is -0.565. The molecule has 1 saturated heterocycles. The molecule has 2 N–H and O–H groups in total. The zero-order valence-electron chi connectivity index (χ0n) is 21.7. The van der Waals surface area contributed by atoms with Crippen molar-refractivity contribution in [2.75, 3.05) is 20.3 Å². The van der Waals surface area contributed by atoms with Gasteiger partial charge in [0.2, 0.25) is 0 Å². The number of rotatable bonds is 7. The zero-order valence-corrected chi connectivity index (χ0v) is 21.7. The van der Waals surface area contributed by atoms with Crippen LogP contribution >= 0.6 is 0 Å². The van der Waals surface area contributed by atoms with E-state index < -0.39 is 48.7 Å². The number of fused-ring (bicyclic) bond motifs is 3. The van der Waals surface area contributed by atoms with E-state index in [-0.39, 0.29) is 19.1 Å². The molecule has 2 atom stereocenters. The van der Waals surface area contributed by atoms with E-state index in [1.54, 1.807) is 24.3 Å². The Bertz CT molecular complexity index is 1400. The fraction of sp³-hybridized carbons (Fsp3) is 0.267. The number of esters is 1. The maximum Gasteiger partial charge on any atom is 0.410 e. The summed E-state index contributed by atoms with van der Waals surface area (Å²) in [7, 11) is 1.12. The first-order valence-corrected chi connectivity index (χ1v) is 12.7. The minimum atomic E-state index is -1.84. The molecule has 5 rings (SSSR count). The molecule has 0 unspecified atom stereocenters. The van der Waals surface area contributed by atoms with E-state index >= 15 is 0 Å². The molecule has 0 spiro atoms. The largest absolute Gasteiger partial charge is 0.480 e. The van der Waals surface area contributed by atoms with Gasteiger partial charge in [-0.2, -0.15) is 0 Å².